The number of nitrogens with one attached hydrogen (secondary N) is 1. The maximum absolute atomic E-state index is 13.1. The molecule has 0 aromatic heterocycles. The number of rotatable bonds is 2. The molecule has 76 valence electrons. The summed E-state index contributed by atoms with van der Waals surface area (Å²) < 4.78 is 25.5. The molecule has 0 radical (unpaired) electrons. The van der Waals surface area contributed by atoms with Gasteiger partial charge >= 0.3 is 0 Å². The molecule has 0 aliphatic heterocycles. The summed E-state index contributed by atoms with van der Waals surface area (Å²) in [5, 5.41) is 2.33. The normalized spacial score (nSPS) is 11.1. The minimum absolute atomic E-state index is 0.377. The van der Waals surface area contributed by atoms with E-state index in [4.69, 9.17) is 0 Å². The van der Waals surface area contributed by atoms with Gasteiger partial charge in [0.05, 0.1) is 0 Å². The Morgan fingerprint density at radius 2 is 1.79 bits per heavy atom. The van der Waals surface area contributed by atoms with E-state index in [9.17, 15) is 13.6 Å². The average molecular weight is 199 g/mol. The SMILES string of the molecule is CC(C)(F)C(=O)Nc1ccc(F)cc1. The van der Waals surface area contributed by atoms with Gasteiger partial charge in [-0.25, -0.2) is 8.78 Å². The number of halogens is 2. The Labute approximate surface area is 80.9 Å². The molecular formula is C10H11F2NO. The van der Waals surface area contributed by atoms with E-state index in [0.717, 1.165) is 13.8 Å². The lowest BCUT2D eigenvalue weighted by Crippen LogP contribution is -2.32. The Morgan fingerprint density at radius 3 is 2.21 bits per heavy atom. The summed E-state index contributed by atoms with van der Waals surface area (Å²) in [5.74, 6) is -1.15. The number of carbonyl (C=O) groups is 1. The topological polar surface area (TPSA) is 29.1 Å². The first kappa shape index (κ1) is 10.6. The van der Waals surface area contributed by atoms with Gasteiger partial charge in [0, 0.05) is 5.69 Å². The second-order valence-electron chi connectivity index (χ2n) is 3.43. The number of hydrogen-bond acceptors (Lipinski definition) is 1. The molecule has 0 heterocycles. The Morgan fingerprint density at radius 1 is 1.29 bits per heavy atom. The third-order valence-corrected chi connectivity index (χ3v) is 1.64. The van der Waals surface area contributed by atoms with Gasteiger partial charge in [-0.3, -0.25) is 4.79 Å². The molecule has 14 heavy (non-hydrogen) atoms. The van der Waals surface area contributed by atoms with Gasteiger partial charge in [-0.2, -0.15) is 0 Å². The van der Waals surface area contributed by atoms with Crippen LogP contribution in [0.4, 0.5) is 14.5 Å². The van der Waals surface area contributed by atoms with Gasteiger partial charge in [0.2, 0.25) is 0 Å². The van der Waals surface area contributed by atoms with Gasteiger partial charge in [-0.1, -0.05) is 0 Å². The van der Waals surface area contributed by atoms with E-state index in [2.05, 4.69) is 5.32 Å². The number of anilines is 1. The lowest BCUT2D eigenvalue weighted by atomic mass is 10.1. The zero-order chi connectivity index (χ0) is 10.8. The van der Waals surface area contributed by atoms with Gasteiger partial charge in [-0.05, 0) is 38.1 Å². The molecular weight excluding hydrogens is 188 g/mol. The summed E-state index contributed by atoms with van der Waals surface area (Å²) in [4.78, 5) is 11.1. The second-order valence-corrected chi connectivity index (χ2v) is 3.43. The smallest absolute Gasteiger partial charge is 0.261 e. The number of alkyl halides is 1. The molecule has 0 aliphatic rings. The standard InChI is InChI=1S/C10H11F2NO/c1-10(2,12)9(14)13-8-5-3-7(11)4-6-8/h3-6H,1-2H3,(H,13,14). The fourth-order valence-electron chi connectivity index (χ4n) is 0.813. The van der Waals surface area contributed by atoms with E-state index in [1.165, 1.54) is 24.3 Å². The van der Waals surface area contributed by atoms with Gasteiger partial charge in [0.15, 0.2) is 5.67 Å². The monoisotopic (exact) mass is 199 g/mol. The van der Waals surface area contributed by atoms with Crippen LogP contribution in [0.25, 0.3) is 0 Å². The average Bonchev–Trinajstić information content (AvgIpc) is 2.07. The van der Waals surface area contributed by atoms with Crippen molar-refractivity contribution in [2.45, 2.75) is 19.5 Å². The largest absolute Gasteiger partial charge is 0.323 e. The molecule has 1 aromatic rings. The van der Waals surface area contributed by atoms with Crippen molar-refractivity contribution in [1.29, 1.82) is 0 Å². The molecule has 0 saturated heterocycles. The predicted octanol–water partition coefficient (Wildman–Crippen LogP) is 2.51. The van der Waals surface area contributed by atoms with Crippen LogP contribution in [0.3, 0.4) is 0 Å². The van der Waals surface area contributed by atoms with Gasteiger partial charge in [0.1, 0.15) is 5.82 Å². The second kappa shape index (κ2) is 3.74. The molecule has 1 amide bonds. The van der Waals surface area contributed by atoms with Crippen molar-refractivity contribution >= 4 is 11.6 Å². The van der Waals surface area contributed by atoms with Crippen LogP contribution in [0.15, 0.2) is 24.3 Å². The molecule has 1 aromatic carbocycles. The highest BCUT2D eigenvalue weighted by atomic mass is 19.1. The third kappa shape index (κ3) is 2.80. The lowest BCUT2D eigenvalue weighted by Gasteiger charge is -2.13. The van der Waals surface area contributed by atoms with Crippen molar-refractivity contribution < 1.29 is 13.6 Å². The summed E-state index contributed by atoms with van der Waals surface area (Å²) in [7, 11) is 0. The van der Waals surface area contributed by atoms with Gasteiger partial charge < -0.3 is 5.32 Å². The number of hydrogen-bond donors (Lipinski definition) is 1. The number of amides is 1. The van der Waals surface area contributed by atoms with Crippen molar-refractivity contribution in [3.8, 4) is 0 Å². The van der Waals surface area contributed by atoms with E-state index in [0.29, 0.717) is 5.69 Å². The van der Waals surface area contributed by atoms with E-state index < -0.39 is 17.4 Å². The van der Waals surface area contributed by atoms with Crippen molar-refractivity contribution in [3.63, 3.8) is 0 Å². The zero-order valence-corrected chi connectivity index (χ0v) is 7.97. The van der Waals surface area contributed by atoms with Gasteiger partial charge in [0.25, 0.3) is 5.91 Å². The van der Waals surface area contributed by atoms with E-state index in [1.54, 1.807) is 0 Å². The predicted molar refractivity (Wildman–Crippen MR) is 50.2 cm³/mol. The molecule has 0 saturated carbocycles. The molecule has 0 fully saturated rings. The van der Waals surface area contributed by atoms with Crippen molar-refractivity contribution in [2.75, 3.05) is 5.32 Å². The van der Waals surface area contributed by atoms with E-state index >= 15 is 0 Å². The van der Waals surface area contributed by atoms with Gasteiger partial charge in [-0.15, -0.1) is 0 Å². The first-order valence-electron chi connectivity index (χ1n) is 4.15. The van der Waals surface area contributed by atoms with E-state index in [1.807, 2.05) is 0 Å². The summed E-state index contributed by atoms with van der Waals surface area (Å²) >= 11 is 0. The van der Waals surface area contributed by atoms with Crippen LogP contribution in [-0.4, -0.2) is 11.6 Å². The molecule has 0 atom stereocenters. The van der Waals surface area contributed by atoms with Crippen LogP contribution in [0, 0.1) is 5.82 Å². The Bertz CT molecular complexity index is 327. The molecule has 1 rings (SSSR count). The first-order valence-corrected chi connectivity index (χ1v) is 4.15. The first-order chi connectivity index (χ1) is 6.39. The molecule has 2 nitrogen and oxygen atoms in total. The zero-order valence-electron chi connectivity index (χ0n) is 7.97. The van der Waals surface area contributed by atoms with Crippen LogP contribution in [0.5, 0.6) is 0 Å². The lowest BCUT2D eigenvalue weighted by molar-refractivity contribution is -0.125. The number of benzene rings is 1. The quantitative estimate of drug-likeness (QED) is 0.779. The number of carbonyl (C=O) groups excluding carboxylic acids is 1. The van der Waals surface area contributed by atoms with Crippen LogP contribution in [-0.2, 0) is 4.79 Å². The molecule has 1 N–H and O–H groups in total. The highest BCUT2D eigenvalue weighted by Crippen LogP contribution is 2.14. The van der Waals surface area contributed by atoms with Crippen molar-refractivity contribution in [3.05, 3.63) is 30.1 Å². The minimum Gasteiger partial charge on any atom is -0.323 e. The maximum Gasteiger partial charge on any atom is 0.261 e. The molecule has 0 aliphatic carbocycles. The minimum atomic E-state index is -1.94. The Balaban J connectivity index is 2.71. The van der Waals surface area contributed by atoms with E-state index in [-0.39, 0.29) is 0 Å². The third-order valence-electron chi connectivity index (χ3n) is 1.64. The molecule has 0 spiro atoms. The summed E-state index contributed by atoms with van der Waals surface area (Å²) in [6.07, 6.45) is 0. The molecule has 0 bridgehead atoms. The Kier molecular flexibility index (Phi) is 2.84. The summed E-state index contributed by atoms with van der Waals surface area (Å²) in [6.45, 7) is 2.32. The summed E-state index contributed by atoms with van der Waals surface area (Å²) in [6, 6.07) is 5.14. The summed E-state index contributed by atoms with van der Waals surface area (Å²) in [5.41, 5.74) is -1.56. The van der Waals surface area contributed by atoms with Crippen LogP contribution in [0.2, 0.25) is 0 Å². The highest BCUT2D eigenvalue weighted by molar-refractivity contribution is 5.96. The Hall–Kier alpha value is -1.45. The van der Waals surface area contributed by atoms with Crippen molar-refractivity contribution in [1.82, 2.24) is 0 Å². The fourth-order valence-corrected chi connectivity index (χ4v) is 0.813. The van der Waals surface area contributed by atoms with Crippen LogP contribution < -0.4 is 5.32 Å². The molecule has 4 heteroatoms. The highest BCUT2D eigenvalue weighted by Gasteiger charge is 2.26. The molecule has 0 unspecified atom stereocenters. The van der Waals surface area contributed by atoms with Crippen LogP contribution in [0.1, 0.15) is 13.8 Å². The van der Waals surface area contributed by atoms with Crippen LogP contribution >= 0.6 is 0 Å². The fraction of sp³-hybridized carbons (Fsp3) is 0.300. The van der Waals surface area contributed by atoms with Crippen molar-refractivity contribution in [2.24, 2.45) is 0 Å². The maximum atomic E-state index is 13.1.